The van der Waals surface area contributed by atoms with E-state index >= 15 is 0 Å². The average Bonchev–Trinajstić information content (AvgIpc) is 2.47. The summed E-state index contributed by atoms with van der Waals surface area (Å²) < 4.78 is 38.9. The van der Waals surface area contributed by atoms with Crippen molar-refractivity contribution in [2.24, 2.45) is 17.8 Å². The van der Waals surface area contributed by atoms with Crippen LogP contribution in [0.2, 0.25) is 0 Å². The average molecular weight is 306 g/mol. The van der Waals surface area contributed by atoms with Gasteiger partial charge in [0.25, 0.3) is 0 Å². The Morgan fingerprint density at radius 1 is 1.10 bits per heavy atom. The first kappa shape index (κ1) is 16.6. The number of hydrogen-bond donors (Lipinski definition) is 2. The molecule has 1 aliphatic carbocycles. The molecule has 1 heterocycles. The molecule has 2 aliphatic rings. The van der Waals surface area contributed by atoms with E-state index in [1.54, 1.807) is 0 Å². The van der Waals surface area contributed by atoms with Crippen molar-refractivity contribution < 1.29 is 18.0 Å². The van der Waals surface area contributed by atoms with Gasteiger partial charge in [0, 0.05) is 12.5 Å². The van der Waals surface area contributed by atoms with E-state index in [1.165, 1.54) is 0 Å². The maximum absolute atomic E-state index is 13.0. The summed E-state index contributed by atoms with van der Waals surface area (Å²) in [7, 11) is 0. The molecule has 1 aliphatic heterocycles. The number of hydrogen-bond acceptors (Lipinski definition) is 2. The molecule has 2 rings (SSSR count). The Labute approximate surface area is 124 Å². The smallest absolute Gasteiger partial charge is 0.356 e. The molecule has 1 saturated heterocycles. The molecular formula is C15H25F3N2O. The molecular weight excluding hydrogens is 281 g/mol. The third-order valence-corrected chi connectivity index (χ3v) is 4.83. The zero-order valence-electron chi connectivity index (χ0n) is 12.3. The second-order valence-corrected chi connectivity index (χ2v) is 6.31. The summed E-state index contributed by atoms with van der Waals surface area (Å²) >= 11 is 0. The van der Waals surface area contributed by atoms with E-state index in [2.05, 4.69) is 10.6 Å². The molecule has 3 nitrogen and oxygen atoms in total. The van der Waals surface area contributed by atoms with E-state index in [0.29, 0.717) is 25.3 Å². The first-order valence-electron chi connectivity index (χ1n) is 8.03. The summed E-state index contributed by atoms with van der Waals surface area (Å²) in [5.41, 5.74) is 0. The number of piperidine rings is 1. The SMILES string of the molecule is O=C(NCCC1CCNCC1)C1CCCCC1C(F)(F)F. The standard InChI is InChI=1S/C15H25F3N2O/c16-15(17,18)13-4-2-1-3-12(13)14(21)20-10-7-11-5-8-19-9-6-11/h11-13,19H,1-10H2,(H,20,21). The first-order valence-corrected chi connectivity index (χ1v) is 8.03. The van der Waals surface area contributed by atoms with Gasteiger partial charge >= 0.3 is 6.18 Å². The van der Waals surface area contributed by atoms with Crippen LogP contribution in [0.15, 0.2) is 0 Å². The Kier molecular flexibility index (Phi) is 5.90. The molecule has 0 radical (unpaired) electrons. The van der Waals surface area contributed by atoms with E-state index in [1.807, 2.05) is 0 Å². The minimum absolute atomic E-state index is 0.0931. The summed E-state index contributed by atoms with van der Waals surface area (Å²) in [4.78, 5) is 12.1. The number of nitrogens with one attached hydrogen (secondary N) is 2. The number of amides is 1. The summed E-state index contributed by atoms with van der Waals surface area (Å²) in [5, 5.41) is 6.02. The fourth-order valence-electron chi connectivity index (χ4n) is 3.54. The maximum Gasteiger partial charge on any atom is 0.392 e. The number of rotatable bonds is 4. The molecule has 1 saturated carbocycles. The predicted molar refractivity (Wildman–Crippen MR) is 74.7 cm³/mol. The van der Waals surface area contributed by atoms with Crippen LogP contribution in [0.1, 0.15) is 44.9 Å². The van der Waals surface area contributed by atoms with Gasteiger partial charge < -0.3 is 10.6 Å². The minimum atomic E-state index is -4.25. The lowest BCUT2D eigenvalue weighted by Crippen LogP contribution is -2.43. The molecule has 1 amide bonds. The van der Waals surface area contributed by atoms with Crippen molar-refractivity contribution in [3.63, 3.8) is 0 Å². The van der Waals surface area contributed by atoms with Crippen LogP contribution in [-0.4, -0.2) is 31.7 Å². The monoisotopic (exact) mass is 306 g/mol. The lowest BCUT2D eigenvalue weighted by molar-refractivity contribution is -0.198. The van der Waals surface area contributed by atoms with Gasteiger partial charge in [-0.05, 0) is 51.1 Å². The van der Waals surface area contributed by atoms with Gasteiger partial charge in [0.2, 0.25) is 5.91 Å². The van der Waals surface area contributed by atoms with E-state index in [-0.39, 0.29) is 6.42 Å². The summed E-state index contributed by atoms with van der Waals surface area (Å²) in [6.07, 6.45) is 0.546. The number of alkyl halides is 3. The molecule has 0 aromatic rings. The highest BCUT2D eigenvalue weighted by atomic mass is 19.4. The quantitative estimate of drug-likeness (QED) is 0.838. The summed E-state index contributed by atoms with van der Waals surface area (Å²) in [6, 6.07) is 0. The third-order valence-electron chi connectivity index (χ3n) is 4.83. The molecule has 0 spiro atoms. The number of carbonyl (C=O) groups excluding carboxylic acids is 1. The lowest BCUT2D eigenvalue weighted by atomic mass is 9.78. The van der Waals surface area contributed by atoms with Gasteiger partial charge in [0.05, 0.1) is 5.92 Å². The Morgan fingerprint density at radius 3 is 2.43 bits per heavy atom. The molecule has 2 atom stereocenters. The third kappa shape index (κ3) is 4.87. The zero-order chi connectivity index (χ0) is 15.3. The molecule has 0 aromatic carbocycles. The molecule has 2 unspecified atom stereocenters. The molecule has 0 aromatic heterocycles. The second-order valence-electron chi connectivity index (χ2n) is 6.31. The molecule has 122 valence electrons. The lowest BCUT2D eigenvalue weighted by Gasteiger charge is -2.32. The summed E-state index contributed by atoms with van der Waals surface area (Å²) in [5.74, 6) is -2.15. The van der Waals surface area contributed by atoms with Crippen molar-refractivity contribution in [3.05, 3.63) is 0 Å². The van der Waals surface area contributed by atoms with Crippen LogP contribution in [0.5, 0.6) is 0 Å². The van der Waals surface area contributed by atoms with E-state index in [9.17, 15) is 18.0 Å². The molecule has 2 N–H and O–H groups in total. The van der Waals surface area contributed by atoms with Gasteiger partial charge in [-0.25, -0.2) is 0 Å². The van der Waals surface area contributed by atoms with Crippen LogP contribution >= 0.6 is 0 Å². The van der Waals surface area contributed by atoms with Crippen LogP contribution in [-0.2, 0) is 4.79 Å². The Bertz CT molecular complexity index is 340. The highest BCUT2D eigenvalue weighted by Crippen LogP contribution is 2.41. The van der Waals surface area contributed by atoms with Crippen molar-refractivity contribution in [1.29, 1.82) is 0 Å². The van der Waals surface area contributed by atoms with Crippen molar-refractivity contribution in [1.82, 2.24) is 10.6 Å². The second kappa shape index (κ2) is 7.47. The molecule has 6 heteroatoms. The molecule has 0 bridgehead atoms. The van der Waals surface area contributed by atoms with Crippen LogP contribution in [0.3, 0.4) is 0 Å². The van der Waals surface area contributed by atoms with Gasteiger partial charge in [-0.2, -0.15) is 13.2 Å². The summed E-state index contributed by atoms with van der Waals surface area (Å²) in [6.45, 7) is 2.50. The predicted octanol–water partition coefficient (Wildman–Crippen LogP) is 2.86. The van der Waals surface area contributed by atoms with Crippen molar-refractivity contribution >= 4 is 5.91 Å². The first-order chi connectivity index (χ1) is 9.98. The Morgan fingerprint density at radius 2 is 1.76 bits per heavy atom. The topological polar surface area (TPSA) is 41.1 Å². The van der Waals surface area contributed by atoms with Crippen molar-refractivity contribution in [2.75, 3.05) is 19.6 Å². The maximum atomic E-state index is 13.0. The van der Waals surface area contributed by atoms with E-state index in [0.717, 1.165) is 38.8 Å². The van der Waals surface area contributed by atoms with Crippen LogP contribution < -0.4 is 10.6 Å². The fraction of sp³-hybridized carbons (Fsp3) is 0.933. The van der Waals surface area contributed by atoms with E-state index in [4.69, 9.17) is 0 Å². The van der Waals surface area contributed by atoms with Gasteiger partial charge in [0.15, 0.2) is 0 Å². The van der Waals surface area contributed by atoms with E-state index < -0.39 is 23.9 Å². The molecule has 21 heavy (non-hydrogen) atoms. The number of halogens is 3. The minimum Gasteiger partial charge on any atom is -0.356 e. The largest absolute Gasteiger partial charge is 0.392 e. The Hall–Kier alpha value is -0.780. The molecule has 2 fully saturated rings. The van der Waals surface area contributed by atoms with Crippen molar-refractivity contribution in [3.8, 4) is 0 Å². The highest BCUT2D eigenvalue weighted by molar-refractivity contribution is 5.79. The van der Waals surface area contributed by atoms with Gasteiger partial charge in [-0.15, -0.1) is 0 Å². The van der Waals surface area contributed by atoms with Crippen molar-refractivity contribution in [2.45, 2.75) is 51.1 Å². The van der Waals surface area contributed by atoms with Gasteiger partial charge in [-0.1, -0.05) is 12.8 Å². The Balaban J connectivity index is 1.77. The van der Waals surface area contributed by atoms with Crippen LogP contribution in [0.4, 0.5) is 13.2 Å². The van der Waals surface area contributed by atoms with Gasteiger partial charge in [0.1, 0.15) is 0 Å². The van der Waals surface area contributed by atoms with Gasteiger partial charge in [-0.3, -0.25) is 4.79 Å². The fourth-order valence-corrected chi connectivity index (χ4v) is 3.54. The van der Waals surface area contributed by atoms with Crippen LogP contribution in [0, 0.1) is 17.8 Å². The number of carbonyl (C=O) groups is 1. The normalized spacial score (nSPS) is 28.3. The highest BCUT2D eigenvalue weighted by Gasteiger charge is 2.47. The van der Waals surface area contributed by atoms with Crippen LogP contribution in [0.25, 0.3) is 0 Å². The zero-order valence-corrected chi connectivity index (χ0v) is 12.3.